The Bertz CT molecular complexity index is 1490. The van der Waals surface area contributed by atoms with Crippen LogP contribution in [0, 0.1) is 0 Å². The fourth-order valence-corrected chi connectivity index (χ4v) is 5.74. The summed E-state index contributed by atoms with van der Waals surface area (Å²) in [4.78, 5) is 14.8. The molecule has 1 aliphatic rings. The summed E-state index contributed by atoms with van der Waals surface area (Å²) in [6.07, 6.45) is 9.59. The highest BCUT2D eigenvalue weighted by atomic mass is 35.5. The van der Waals surface area contributed by atoms with Gasteiger partial charge in [-0.15, -0.1) is 0 Å². The monoisotopic (exact) mass is 484 g/mol. The number of pyridine rings is 2. The van der Waals surface area contributed by atoms with Gasteiger partial charge in [-0.25, -0.2) is 4.98 Å². The summed E-state index contributed by atoms with van der Waals surface area (Å²) < 4.78 is 0. The van der Waals surface area contributed by atoms with Crippen LogP contribution in [-0.2, 0) is 6.54 Å². The van der Waals surface area contributed by atoms with Gasteiger partial charge in [0.15, 0.2) is 5.65 Å². The van der Waals surface area contributed by atoms with Crippen LogP contribution in [0.5, 0.6) is 0 Å². The van der Waals surface area contributed by atoms with E-state index in [0.29, 0.717) is 11.8 Å². The predicted octanol–water partition coefficient (Wildman–Crippen LogP) is 6.66. The molecule has 1 fully saturated rings. The second-order valence-electron chi connectivity index (χ2n) is 9.88. The maximum Gasteiger partial charge on any atom is 0.155 e. The highest BCUT2D eigenvalue weighted by Crippen LogP contribution is 2.40. The highest BCUT2D eigenvalue weighted by Gasteiger charge is 2.24. The van der Waals surface area contributed by atoms with Gasteiger partial charge in [-0.1, -0.05) is 31.5 Å². The lowest BCUT2D eigenvalue weighted by Crippen LogP contribution is -2.32. The van der Waals surface area contributed by atoms with Crippen LogP contribution in [0.25, 0.3) is 33.2 Å². The molecule has 4 aromatic heterocycles. The van der Waals surface area contributed by atoms with E-state index >= 15 is 0 Å². The van der Waals surface area contributed by atoms with Crippen LogP contribution in [0.15, 0.2) is 55.1 Å². The summed E-state index contributed by atoms with van der Waals surface area (Å²) in [7, 11) is 0. The van der Waals surface area contributed by atoms with Crippen molar-refractivity contribution in [1.82, 2.24) is 30.0 Å². The second kappa shape index (κ2) is 9.10. The molecule has 0 spiro atoms. The molecule has 0 bridgehead atoms. The van der Waals surface area contributed by atoms with Gasteiger partial charge in [-0.05, 0) is 78.7 Å². The van der Waals surface area contributed by atoms with Crippen LogP contribution in [0.1, 0.15) is 55.2 Å². The van der Waals surface area contributed by atoms with Crippen molar-refractivity contribution in [2.24, 2.45) is 0 Å². The number of aromatic nitrogens is 5. The fourth-order valence-electron chi connectivity index (χ4n) is 5.56. The van der Waals surface area contributed by atoms with Gasteiger partial charge in [0, 0.05) is 47.0 Å². The lowest BCUT2D eigenvalue weighted by Gasteiger charge is -2.32. The van der Waals surface area contributed by atoms with E-state index in [1.165, 1.54) is 27.7 Å². The smallest absolute Gasteiger partial charge is 0.155 e. The van der Waals surface area contributed by atoms with Gasteiger partial charge < -0.3 is 4.98 Å². The molecule has 6 rings (SSSR count). The number of H-pyrrole nitrogens is 2. The second-order valence-corrected chi connectivity index (χ2v) is 10.3. The van der Waals surface area contributed by atoms with E-state index in [2.05, 4.69) is 68.2 Å². The summed E-state index contributed by atoms with van der Waals surface area (Å²) in [5.41, 5.74) is 8.28. The van der Waals surface area contributed by atoms with Crippen LogP contribution in [0.4, 0.5) is 0 Å². The molecule has 5 heterocycles. The van der Waals surface area contributed by atoms with Gasteiger partial charge in [-0.2, -0.15) is 5.10 Å². The molecule has 0 atom stereocenters. The molecule has 0 saturated carbocycles. The number of nitrogens with one attached hydrogen (secondary N) is 2. The molecule has 178 valence electrons. The first-order chi connectivity index (χ1) is 17.1. The molecule has 7 heteroatoms. The molecule has 1 aliphatic heterocycles. The molecular weight excluding hydrogens is 456 g/mol. The van der Waals surface area contributed by atoms with Crippen LogP contribution in [-0.4, -0.2) is 43.1 Å². The summed E-state index contributed by atoms with van der Waals surface area (Å²) in [6.45, 7) is 7.59. The summed E-state index contributed by atoms with van der Waals surface area (Å²) >= 11 is 6.33. The molecular formula is C28H29ClN6. The molecule has 6 nitrogen and oxygen atoms in total. The number of aromatic amines is 2. The van der Waals surface area contributed by atoms with Crippen LogP contribution < -0.4 is 0 Å². The maximum absolute atomic E-state index is 6.33. The Morgan fingerprint density at radius 1 is 1.06 bits per heavy atom. The lowest BCUT2D eigenvalue weighted by molar-refractivity contribution is 0.204. The van der Waals surface area contributed by atoms with E-state index in [1.807, 2.05) is 24.7 Å². The third-order valence-electron chi connectivity index (χ3n) is 7.37. The lowest BCUT2D eigenvalue weighted by atomic mass is 9.87. The summed E-state index contributed by atoms with van der Waals surface area (Å²) in [6, 6.07) is 11.1. The number of hydrogen-bond donors (Lipinski definition) is 2. The van der Waals surface area contributed by atoms with E-state index in [1.54, 1.807) is 6.20 Å². The van der Waals surface area contributed by atoms with Gasteiger partial charge in [0.2, 0.25) is 0 Å². The van der Waals surface area contributed by atoms with Crippen LogP contribution >= 0.6 is 11.6 Å². The first kappa shape index (κ1) is 22.3. The van der Waals surface area contributed by atoms with Crippen molar-refractivity contribution in [3.8, 4) is 11.3 Å². The molecule has 0 radical (unpaired) electrons. The average Bonchev–Trinajstić information content (AvgIpc) is 3.50. The largest absolute Gasteiger partial charge is 0.354 e. The molecule has 2 N–H and O–H groups in total. The number of piperidine rings is 1. The Kier molecular flexibility index (Phi) is 5.78. The van der Waals surface area contributed by atoms with Crippen molar-refractivity contribution in [2.75, 3.05) is 13.1 Å². The molecule has 0 aliphatic carbocycles. The molecule has 0 unspecified atom stereocenters. The number of benzene rings is 1. The van der Waals surface area contributed by atoms with Gasteiger partial charge in [0.05, 0.1) is 16.9 Å². The maximum atomic E-state index is 6.33. The number of rotatable bonds is 5. The zero-order chi connectivity index (χ0) is 23.9. The third kappa shape index (κ3) is 4.11. The first-order valence-corrected chi connectivity index (χ1v) is 12.7. The van der Waals surface area contributed by atoms with Gasteiger partial charge in [0.1, 0.15) is 0 Å². The van der Waals surface area contributed by atoms with Crippen molar-refractivity contribution in [3.63, 3.8) is 0 Å². The van der Waals surface area contributed by atoms with Gasteiger partial charge >= 0.3 is 0 Å². The average molecular weight is 485 g/mol. The van der Waals surface area contributed by atoms with Crippen molar-refractivity contribution < 1.29 is 0 Å². The SMILES string of the molecule is CC(C)c1c(-c2ccnc3[nH]ncc23)[nH]c2ccc(C3CCN(Cc4ccncc4Cl)CC3)cc12. The number of nitrogens with zero attached hydrogens (tertiary/aromatic N) is 4. The van der Waals surface area contributed by atoms with E-state index in [9.17, 15) is 0 Å². The van der Waals surface area contributed by atoms with Crippen molar-refractivity contribution >= 4 is 33.5 Å². The molecule has 5 aromatic rings. The minimum Gasteiger partial charge on any atom is -0.354 e. The highest BCUT2D eigenvalue weighted by molar-refractivity contribution is 6.31. The van der Waals surface area contributed by atoms with E-state index in [0.717, 1.165) is 59.7 Å². The standard InChI is InChI=1S/C28H29ClN6/c1-17(2)26-22-13-19(18-7-11-35(12-8-18)16-20-5-9-30-15-24(20)29)3-4-25(22)33-27(26)21-6-10-31-28-23(21)14-32-34-28/h3-6,9-10,13-15,17-18,33H,7-8,11-12,16H2,1-2H3,(H,31,32,34). The quantitative estimate of drug-likeness (QED) is 0.292. The Hall–Kier alpha value is -3.22. The number of likely N-dealkylation sites (tertiary alicyclic amines) is 1. The zero-order valence-corrected chi connectivity index (χ0v) is 20.8. The Labute approximate surface area is 209 Å². The van der Waals surface area contributed by atoms with E-state index in [4.69, 9.17) is 11.6 Å². The third-order valence-corrected chi connectivity index (χ3v) is 7.71. The number of halogens is 1. The molecule has 1 aromatic carbocycles. The Morgan fingerprint density at radius 3 is 2.71 bits per heavy atom. The van der Waals surface area contributed by atoms with E-state index in [-0.39, 0.29) is 0 Å². The topological polar surface area (TPSA) is 73.5 Å². The van der Waals surface area contributed by atoms with Crippen molar-refractivity contribution in [2.45, 2.75) is 45.1 Å². The Morgan fingerprint density at radius 2 is 1.91 bits per heavy atom. The van der Waals surface area contributed by atoms with Crippen molar-refractivity contribution in [3.05, 3.63) is 76.8 Å². The van der Waals surface area contributed by atoms with Crippen molar-refractivity contribution in [1.29, 1.82) is 0 Å². The first-order valence-electron chi connectivity index (χ1n) is 12.3. The van der Waals surface area contributed by atoms with Gasteiger partial charge in [0.25, 0.3) is 0 Å². The molecule has 35 heavy (non-hydrogen) atoms. The molecule has 1 saturated heterocycles. The minimum absolute atomic E-state index is 0.385. The molecule has 0 amide bonds. The van der Waals surface area contributed by atoms with Crippen LogP contribution in [0.2, 0.25) is 5.02 Å². The normalized spacial score (nSPS) is 15.5. The summed E-state index contributed by atoms with van der Waals surface area (Å²) in [5.74, 6) is 0.958. The van der Waals surface area contributed by atoms with E-state index < -0.39 is 0 Å². The summed E-state index contributed by atoms with van der Waals surface area (Å²) in [5, 5.41) is 10.3. The fraction of sp³-hybridized carbons (Fsp3) is 0.321. The zero-order valence-electron chi connectivity index (χ0n) is 20.1. The van der Waals surface area contributed by atoms with Gasteiger partial charge in [-0.3, -0.25) is 15.0 Å². The predicted molar refractivity (Wildman–Crippen MR) is 142 cm³/mol. The Balaban J connectivity index is 1.29. The number of fused-ring (bicyclic) bond motifs is 2. The minimum atomic E-state index is 0.385. The number of hydrogen-bond acceptors (Lipinski definition) is 4. The van der Waals surface area contributed by atoms with Crippen LogP contribution in [0.3, 0.4) is 0 Å².